The molecule has 1 aromatic rings. The monoisotopic (exact) mass is 258 g/mol. The smallest absolute Gasteiger partial charge is 0.254 e. The average Bonchev–Trinajstić information content (AvgIpc) is 2.38. The molecule has 0 radical (unpaired) electrons. The zero-order valence-corrected chi connectivity index (χ0v) is 12.2. The Morgan fingerprint density at radius 2 is 2.11 bits per heavy atom. The van der Waals surface area contributed by atoms with Crippen LogP contribution in [0.3, 0.4) is 0 Å². The number of carbonyl (C=O) groups excluding carboxylic acids is 1. The third-order valence-electron chi connectivity index (χ3n) is 3.03. The summed E-state index contributed by atoms with van der Waals surface area (Å²) in [5, 5.41) is 0. The number of nitrogens with two attached hydrogens (primary N) is 1. The molecule has 0 aliphatic rings. The van der Waals surface area contributed by atoms with E-state index >= 15 is 0 Å². The molecule has 3 heteroatoms. The van der Waals surface area contributed by atoms with Gasteiger partial charge < -0.3 is 10.6 Å². The minimum absolute atomic E-state index is 0.0494. The first-order valence-corrected chi connectivity index (χ1v) is 6.61. The van der Waals surface area contributed by atoms with Gasteiger partial charge in [-0.15, -0.1) is 0 Å². The molecule has 0 spiro atoms. The molecular weight excluding hydrogens is 236 g/mol. The topological polar surface area (TPSA) is 46.3 Å². The number of nitrogens with zero attached hydrogens (tertiary/aromatic N) is 1. The lowest BCUT2D eigenvalue weighted by atomic mass is 10.0. The summed E-state index contributed by atoms with van der Waals surface area (Å²) >= 11 is 0. The van der Waals surface area contributed by atoms with Crippen LogP contribution in [0.25, 0.3) is 0 Å². The van der Waals surface area contributed by atoms with Gasteiger partial charge >= 0.3 is 0 Å². The lowest BCUT2D eigenvalue weighted by molar-refractivity contribution is 0.0717. The molecule has 0 saturated carbocycles. The summed E-state index contributed by atoms with van der Waals surface area (Å²) in [6.45, 7) is 9.03. The third kappa shape index (κ3) is 3.84. The molecule has 0 aromatic heterocycles. The van der Waals surface area contributed by atoms with Crippen molar-refractivity contribution in [1.29, 1.82) is 0 Å². The number of carbonyl (C=O) groups is 1. The first kappa shape index (κ1) is 15.3. The van der Waals surface area contributed by atoms with Crippen molar-refractivity contribution in [1.82, 2.24) is 4.90 Å². The predicted octanol–water partition coefficient (Wildman–Crippen LogP) is 2.18. The summed E-state index contributed by atoms with van der Waals surface area (Å²) in [6.07, 6.45) is 0. The van der Waals surface area contributed by atoms with Crippen molar-refractivity contribution in [2.75, 3.05) is 13.1 Å². The number of hydrogen-bond donors (Lipinski definition) is 1. The summed E-state index contributed by atoms with van der Waals surface area (Å²) in [5.41, 5.74) is 8.00. The molecule has 0 aliphatic carbocycles. The quantitative estimate of drug-likeness (QED) is 0.845. The van der Waals surface area contributed by atoms with E-state index in [0.717, 1.165) is 11.1 Å². The summed E-state index contributed by atoms with van der Waals surface area (Å²) in [6, 6.07) is 5.83. The number of aryl methyl sites for hydroxylation is 1. The van der Waals surface area contributed by atoms with Crippen LogP contribution in [0.4, 0.5) is 0 Å². The van der Waals surface area contributed by atoms with E-state index in [9.17, 15) is 4.79 Å². The van der Waals surface area contributed by atoms with E-state index in [1.807, 2.05) is 50.8 Å². The number of amides is 1. The fourth-order valence-corrected chi connectivity index (χ4v) is 1.95. The highest BCUT2D eigenvalue weighted by Gasteiger charge is 2.17. The lowest BCUT2D eigenvalue weighted by Gasteiger charge is -2.25. The zero-order chi connectivity index (χ0) is 14.4. The largest absolute Gasteiger partial charge is 0.337 e. The van der Waals surface area contributed by atoms with Crippen LogP contribution in [-0.2, 0) is 0 Å². The highest BCUT2D eigenvalue weighted by molar-refractivity contribution is 5.94. The van der Waals surface area contributed by atoms with E-state index in [4.69, 9.17) is 5.73 Å². The molecule has 0 fully saturated rings. The summed E-state index contributed by atoms with van der Waals surface area (Å²) in [7, 11) is 0. The molecule has 1 aromatic carbocycles. The Labute approximate surface area is 115 Å². The van der Waals surface area contributed by atoms with E-state index in [1.165, 1.54) is 0 Å². The normalized spacial score (nSPS) is 10.0. The molecular formula is C16H22N2O. The van der Waals surface area contributed by atoms with Gasteiger partial charge in [0.15, 0.2) is 0 Å². The molecule has 0 bridgehead atoms. The Kier molecular flexibility index (Phi) is 5.59. The highest BCUT2D eigenvalue weighted by Crippen LogP contribution is 2.13. The van der Waals surface area contributed by atoms with Gasteiger partial charge in [0, 0.05) is 23.7 Å². The van der Waals surface area contributed by atoms with Crippen molar-refractivity contribution >= 4 is 5.91 Å². The van der Waals surface area contributed by atoms with E-state index in [1.54, 1.807) is 0 Å². The van der Waals surface area contributed by atoms with Crippen molar-refractivity contribution in [3.8, 4) is 11.8 Å². The second-order valence-electron chi connectivity index (χ2n) is 4.72. The van der Waals surface area contributed by atoms with Gasteiger partial charge in [0.25, 0.3) is 5.91 Å². The van der Waals surface area contributed by atoms with Crippen molar-refractivity contribution in [3.05, 3.63) is 34.9 Å². The highest BCUT2D eigenvalue weighted by atomic mass is 16.2. The zero-order valence-electron chi connectivity index (χ0n) is 12.2. The molecule has 1 amide bonds. The van der Waals surface area contributed by atoms with Gasteiger partial charge in [0.05, 0.1) is 6.54 Å². The minimum atomic E-state index is 0.0494. The van der Waals surface area contributed by atoms with Gasteiger partial charge in [-0.3, -0.25) is 4.79 Å². The first-order valence-electron chi connectivity index (χ1n) is 6.61. The van der Waals surface area contributed by atoms with Gasteiger partial charge in [-0.05, 0) is 45.4 Å². The van der Waals surface area contributed by atoms with Crippen molar-refractivity contribution in [3.63, 3.8) is 0 Å². The van der Waals surface area contributed by atoms with Gasteiger partial charge in [-0.2, -0.15) is 0 Å². The molecule has 2 N–H and O–H groups in total. The summed E-state index contributed by atoms with van der Waals surface area (Å²) < 4.78 is 0. The fraction of sp³-hybridized carbons (Fsp3) is 0.438. The van der Waals surface area contributed by atoms with E-state index in [-0.39, 0.29) is 11.9 Å². The van der Waals surface area contributed by atoms with Gasteiger partial charge in [0.2, 0.25) is 0 Å². The molecule has 0 saturated heterocycles. The SMILES string of the molecule is CCN(C(=O)c1ccc(C)c(C#CCN)c1)C(C)C. The van der Waals surface area contributed by atoms with E-state index in [0.29, 0.717) is 18.7 Å². The molecule has 0 atom stereocenters. The molecule has 19 heavy (non-hydrogen) atoms. The second kappa shape index (κ2) is 6.96. The van der Waals surface area contributed by atoms with E-state index in [2.05, 4.69) is 11.8 Å². The fourth-order valence-electron chi connectivity index (χ4n) is 1.95. The maximum Gasteiger partial charge on any atom is 0.254 e. The van der Waals surface area contributed by atoms with Crippen LogP contribution in [0.5, 0.6) is 0 Å². The average molecular weight is 258 g/mol. The Morgan fingerprint density at radius 1 is 1.42 bits per heavy atom. The first-order chi connectivity index (χ1) is 9.01. The van der Waals surface area contributed by atoms with Crippen LogP contribution in [0.2, 0.25) is 0 Å². The number of rotatable bonds is 3. The van der Waals surface area contributed by atoms with Crippen LogP contribution in [-0.4, -0.2) is 29.9 Å². The van der Waals surface area contributed by atoms with Crippen LogP contribution < -0.4 is 5.73 Å². The molecule has 0 unspecified atom stereocenters. The van der Waals surface area contributed by atoms with Gasteiger partial charge in [0.1, 0.15) is 0 Å². The standard InChI is InChI=1S/C16H22N2O/c1-5-18(12(2)3)16(19)15-9-8-13(4)14(11-15)7-6-10-17/h8-9,11-12H,5,10,17H2,1-4H3. The lowest BCUT2D eigenvalue weighted by Crippen LogP contribution is -2.36. The van der Waals surface area contributed by atoms with Gasteiger partial charge in [-0.1, -0.05) is 17.9 Å². The van der Waals surface area contributed by atoms with E-state index < -0.39 is 0 Å². The van der Waals surface area contributed by atoms with Crippen molar-refractivity contribution in [2.24, 2.45) is 5.73 Å². The Balaban J connectivity index is 3.11. The van der Waals surface area contributed by atoms with Gasteiger partial charge in [-0.25, -0.2) is 0 Å². The third-order valence-corrected chi connectivity index (χ3v) is 3.03. The number of hydrogen-bond acceptors (Lipinski definition) is 2. The predicted molar refractivity (Wildman–Crippen MR) is 79.0 cm³/mol. The molecule has 1 rings (SSSR count). The van der Waals surface area contributed by atoms with Crippen molar-refractivity contribution in [2.45, 2.75) is 33.7 Å². The Hall–Kier alpha value is -1.79. The molecule has 3 nitrogen and oxygen atoms in total. The Morgan fingerprint density at radius 3 is 2.63 bits per heavy atom. The van der Waals surface area contributed by atoms with Crippen LogP contribution >= 0.6 is 0 Å². The molecule has 0 heterocycles. The Bertz CT molecular complexity index is 509. The second-order valence-corrected chi connectivity index (χ2v) is 4.72. The van der Waals surface area contributed by atoms with Crippen LogP contribution in [0.1, 0.15) is 42.3 Å². The molecule has 102 valence electrons. The van der Waals surface area contributed by atoms with Crippen LogP contribution in [0, 0.1) is 18.8 Å². The maximum absolute atomic E-state index is 12.4. The number of benzene rings is 1. The minimum Gasteiger partial charge on any atom is -0.337 e. The maximum atomic E-state index is 12.4. The van der Waals surface area contributed by atoms with Crippen molar-refractivity contribution < 1.29 is 4.79 Å². The summed E-state index contributed by atoms with van der Waals surface area (Å²) in [4.78, 5) is 14.2. The molecule has 0 aliphatic heterocycles. The summed E-state index contributed by atoms with van der Waals surface area (Å²) in [5.74, 6) is 5.89. The van der Waals surface area contributed by atoms with Crippen LogP contribution in [0.15, 0.2) is 18.2 Å².